The van der Waals surface area contributed by atoms with E-state index < -0.39 is 48.0 Å². The first-order valence-electron chi connectivity index (χ1n) is 6.51. The molecule has 2 aromatic rings. The van der Waals surface area contributed by atoms with Gasteiger partial charge in [0.05, 0.1) is 30.8 Å². The maximum absolute atomic E-state index is 11.4. The van der Waals surface area contributed by atoms with Gasteiger partial charge in [-0.15, -0.1) is 0 Å². The van der Waals surface area contributed by atoms with Gasteiger partial charge in [0.25, 0.3) is 0 Å². The summed E-state index contributed by atoms with van der Waals surface area (Å²) in [6, 6.07) is 5.93. The third-order valence-electron chi connectivity index (χ3n) is 3.69. The first kappa shape index (κ1) is 15.9. The minimum absolute atomic E-state index is 0.158. The van der Waals surface area contributed by atoms with E-state index in [0.717, 1.165) is 0 Å². The highest BCUT2D eigenvalue weighted by Gasteiger charge is 2.51. The number of benzene rings is 2. The van der Waals surface area contributed by atoms with E-state index in [1.54, 1.807) is 6.07 Å². The molecule has 2 aromatic carbocycles. The summed E-state index contributed by atoms with van der Waals surface area (Å²) in [5.74, 6) is 0. The zero-order chi connectivity index (χ0) is 18.5. The maximum atomic E-state index is 11.4. The van der Waals surface area contributed by atoms with Gasteiger partial charge in [0.15, 0.2) is 0 Å². The van der Waals surface area contributed by atoms with Crippen molar-refractivity contribution in [2.45, 2.75) is 0 Å². The molecule has 1 radical (unpaired) electrons. The van der Waals surface area contributed by atoms with Gasteiger partial charge >= 0.3 is 22.7 Å². The molecule has 125 valence electrons. The predicted molar refractivity (Wildman–Crippen MR) is 81.0 cm³/mol. The van der Waals surface area contributed by atoms with Gasteiger partial charge < -0.3 is 0 Å². The largest absolute Gasteiger partial charge is 0.430 e. The zero-order valence-electron chi connectivity index (χ0n) is 11.9. The molecule has 0 fully saturated rings. The standard InChI is InChI=1S/C13H5N4O8/c18-14(19)10-8-5-6-3-1-2-4-7(6)9(8)11(15(20)21)13(17(24)25)12(10)16(22)23/h1-5H. The van der Waals surface area contributed by atoms with Crippen LogP contribution in [0.1, 0.15) is 11.1 Å². The lowest BCUT2D eigenvalue weighted by molar-refractivity contribution is -0.451. The molecule has 3 rings (SSSR count). The molecular weight excluding hydrogens is 340 g/mol. The fourth-order valence-corrected chi connectivity index (χ4v) is 2.84. The van der Waals surface area contributed by atoms with E-state index in [1.807, 2.05) is 0 Å². The van der Waals surface area contributed by atoms with Gasteiger partial charge in [0.1, 0.15) is 0 Å². The third-order valence-corrected chi connectivity index (χ3v) is 3.69. The lowest BCUT2D eigenvalue weighted by Crippen LogP contribution is -2.08. The van der Waals surface area contributed by atoms with Crippen molar-refractivity contribution >= 4 is 22.7 Å². The SMILES string of the molecule is O=[N+]([O-])c1c2c(c([N+](=O)[O-])c([N+](=O)[O-])c1[N+](=O)[O-])-c1ccccc1[CH]2. The Balaban J connectivity index is 2.61. The van der Waals surface area contributed by atoms with Crippen LogP contribution in [0.3, 0.4) is 0 Å². The number of fused-ring (bicyclic) bond motifs is 3. The highest BCUT2D eigenvalue weighted by atomic mass is 16.7. The average Bonchev–Trinajstić information content (AvgIpc) is 2.90. The highest BCUT2D eigenvalue weighted by Crippen LogP contribution is 2.56. The van der Waals surface area contributed by atoms with Crippen molar-refractivity contribution in [3.63, 3.8) is 0 Å². The first-order valence-corrected chi connectivity index (χ1v) is 6.51. The molecule has 0 aromatic heterocycles. The minimum atomic E-state index is -1.51. The predicted octanol–water partition coefficient (Wildman–Crippen LogP) is 2.90. The van der Waals surface area contributed by atoms with Crippen molar-refractivity contribution in [1.29, 1.82) is 0 Å². The Morgan fingerprint density at radius 3 is 1.64 bits per heavy atom. The van der Waals surface area contributed by atoms with E-state index in [2.05, 4.69) is 0 Å². The Morgan fingerprint density at radius 1 is 0.640 bits per heavy atom. The molecular formula is C13H5N4O8. The van der Waals surface area contributed by atoms with E-state index in [0.29, 0.717) is 5.56 Å². The lowest BCUT2D eigenvalue weighted by Gasteiger charge is -2.05. The van der Waals surface area contributed by atoms with Crippen LogP contribution >= 0.6 is 0 Å². The molecule has 12 heteroatoms. The number of hydrogen-bond donors (Lipinski definition) is 0. The van der Waals surface area contributed by atoms with Gasteiger partial charge in [-0.2, -0.15) is 0 Å². The fourth-order valence-electron chi connectivity index (χ4n) is 2.84. The van der Waals surface area contributed by atoms with Gasteiger partial charge in [-0.25, -0.2) is 0 Å². The quantitative estimate of drug-likeness (QED) is 0.512. The number of nitro groups is 4. The summed E-state index contributed by atoms with van der Waals surface area (Å²) in [6.45, 7) is 0. The second-order valence-corrected chi connectivity index (χ2v) is 4.94. The lowest BCUT2D eigenvalue weighted by atomic mass is 9.99. The van der Waals surface area contributed by atoms with Gasteiger partial charge in [0, 0.05) is 6.42 Å². The summed E-state index contributed by atoms with van der Waals surface area (Å²) in [4.78, 5) is 40.4. The summed E-state index contributed by atoms with van der Waals surface area (Å²) >= 11 is 0. The molecule has 0 saturated carbocycles. The summed E-state index contributed by atoms with van der Waals surface area (Å²) in [5, 5.41) is 45.4. The van der Waals surface area contributed by atoms with Crippen molar-refractivity contribution in [1.82, 2.24) is 0 Å². The van der Waals surface area contributed by atoms with Crippen LogP contribution in [0.15, 0.2) is 24.3 Å². The topological polar surface area (TPSA) is 173 Å². The van der Waals surface area contributed by atoms with E-state index in [9.17, 15) is 40.5 Å². The Morgan fingerprint density at radius 2 is 1.12 bits per heavy atom. The Labute approximate surface area is 136 Å². The maximum Gasteiger partial charge on any atom is 0.430 e. The number of hydrogen-bond acceptors (Lipinski definition) is 8. The molecule has 0 spiro atoms. The molecule has 0 amide bonds. The molecule has 25 heavy (non-hydrogen) atoms. The first-order chi connectivity index (χ1) is 11.8. The Hall–Kier alpha value is -3.96. The highest BCUT2D eigenvalue weighted by molar-refractivity contribution is 5.98. The van der Waals surface area contributed by atoms with Crippen LogP contribution in [0.5, 0.6) is 0 Å². The molecule has 0 unspecified atom stereocenters. The molecule has 0 bridgehead atoms. The second-order valence-electron chi connectivity index (χ2n) is 4.94. The van der Waals surface area contributed by atoms with Gasteiger partial charge in [-0.3, -0.25) is 40.5 Å². The molecule has 0 saturated heterocycles. The van der Waals surface area contributed by atoms with Crippen molar-refractivity contribution in [2.75, 3.05) is 0 Å². The molecule has 0 aliphatic heterocycles. The third kappa shape index (κ3) is 2.15. The van der Waals surface area contributed by atoms with E-state index in [1.165, 1.54) is 24.6 Å². The van der Waals surface area contributed by atoms with Crippen LogP contribution in [0.2, 0.25) is 0 Å². The van der Waals surface area contributed by atoms with Crippen LogP contribution in [0, 0.1) is 46.9 Å². The van der Waals surface area contributed by atoms with Crippen molar-refractivity contribution in [3.8, 4) is 11.1 Å². The Kier molecular flexibility index (Phi) is 3.37. The van der Waals surface area contributed by atoms with Crippen molar-refractivity contribution in [2.24, 2.45) is 0 Å². The monoisotopic (exact) mass is 345 g/mol. The normalized spacial score (nSPS) is 11.5. The van der Waals surface area contributed by atoms with Gasteiger partial charge in [-0.1, -0.05) is 24.3 Å². The fraction of sp³-hybridized carbons (Fsp3) is 0. The van der Waals surface area contributed by atoms with Gasteiger partial charge in [0.2, 0.25) is 0 Å². The van der Waals surface area contributed by atoms with Crippen LogP contribution in [0.25, 0.3) is 11.1 Å². The zero-order valence-corrected chi connectivity index (χ0v) is 11.9. The molecule has 1 aliphatic rings. The molecule has 0 N–H and O–H groups in total. The number of rotatable bonds is 4. The summed E-state index contributed by atoms with van der Waals surface area (Å²) in [5.41, 5.74) is -5.58. The summed E-state index contributed by atoms with van der Waals surface area (Å²) in [7, 11) is 0. The Bertz CT molecular complexity index is 1000. The van der Waals surface area contributed by atoms with E-state index in [-0.39, 0.29) is 11.1 Å². The smallest absolute Gasteiger partial charge is 0.258 e. The average molecular weight is 345 g/mol. The minimum Gasteiger partial charge on any atom is -0.258 e. The number of nitro benzene ring substituents is 4. The molecule has 0 atom stereocenters. The molecule has 0 heterocycles. The number of nitrogens with zero attached hydrogens (tertiary/aromatic N) is 4. The van der Waals surface area contributed by atoms with Crippen LogP contribution in [-0.2, 0) is 0 Å². The van der Waals surface area contributed by atoms with Crippen LogP contribution in [-0.4, -0.2) is 19.7 Å². The van der Waals surface area contributed by atoms with E-state index in [4.69, 9.17) is 0 Å². The molecule has 1 aliphatic carbocycles. The van der Waals surface area contributed by atoms with Crippen LogP contribution < -0.4 is 0 Å². The van der Waals surface area contributed by atoms with Crippen molar-refractivity contribution in [3.05, 3.63) is 82.3 Å². The summed E-state index contributed by atoms with van der Waals surface area (Å²) in [6.07, 6.45) is 1.17. The summed E-state index contributed by atoms with van der Waals surface area (Å²) < 4.78 is 0. The van der Waals surface area contributed by atoms with Gasteiger partial charge in [-0.05, 0) is 11.1 Å². The van der Waals surface area contributed by atoms with Crippen molar-refractivity contribution < 1.29 is 19.7 Å². The van der Waals surface area contributed by atoms with E-state index >= 15 is 0 Å². The van der Waals surface area contributed by atoms with Crippen LogP contribution in [0.4, 0.5) is 22.7 Å². The second kappa shape index (κ2) is 5.30. The molecule has 12 nitrogen and oxygen atoms in total.